The van der Waals surface area contributed by atoms with Crippen LogP contribution in [0.1, 0.15) is 11.1 Å². The fourth-order valence-corrected chi connectivity index (χ4v) is 1.71. The Balaban J connectivity index is 2.22. The molecule has 0 aliphatic carbocycles. The van der Waals surface area contributed by atoms with Crippen LogP contribution in [-0.4, -0.2) is 7.11 Å². The summed E-state index contributed by atoms with van der Waals surface area (Å²) >= 11 is 0. The Labute approximate surface area is 115 Å². The van der Waals surface area contributed by atoms with Crippen molar-refractivity contribution in [1.82, 2.24) is 0 Å². The second kappa shape index (κ2) is 6.02. The molecule has 0 aliphatic heterocycles. The number of nitrogens with zero attached hydrogens (tertiary/aromatic N) is 1. The average molecular weight is 275 g/mol. The lowest BCUT2D eigenvalue weighted by molar-refractivity contribution is 0.293. The van der Waals surface area contributed by atoms with Crippen LogP contribution in [0.25, 0.3) is 0 Å². The fourth-order valence-electron chi connectivity index (χ4n) is 1.71. The Kier molecular flexibility index (Phi) is 4.16. The molecule has 0 fully saturated rings. The van der Waals surface area contributed by atoms with E-state index in [1.807, 2.05) is 0 Å². The molecule has 2 aromatic rings. The molecule has 0 saturated carbocycles. The van der Waals surface area contributed by atoms with Crippen molar-refractivity contribution in [3.8, 4) is 17.6 Å². The van der Waals surface area contributed by atoms with Gasteiger partial charge in [-0.3, -0.25) is 0 Å². The van der Waals surface area contributed by atoms with Crippen molar-refractivity contribution in [3.05, 3.63) is 59.2 Å². The monoisotopic (exact) mass is 275 g/mol. The number of hydrogen-bond acceptors (Lipinski definition) is 3. The zero-order valence-electron chi connectivity index (χ0n) is 10.7. The van der Waals surface area contributed by atoms with Gasteiger partial charge in [-0.15, -0.1) is 0 Å². The summed E-state index contributed by atoms with van der Waals surface area (Å²) in [6.45, 7) is -0.124. The maximum atomic E-state index is 13.9. The molecular weight excluding hydrogens is 264 g/mol. The summed E-state index contributed by atoms with van der Waals surface area (Å²) in [5.74, 6) is -1.03. The Morgan fingerprint density at radius 2 is 1.80 bits per heavy atom. The van der Waals surface area contributed by atoms with Crippen LogP contribution in [0.3, 0.4) is 0 Å². The second-order valence-electron chi connectivity index (χ2n) is 3.95. The first-order valence-electron chi connectivity index (χ1n) is 5.80. The molecule has 0 N–H and O–H groups in total. The van der Waals surface area contributed by atoms with E-state index in [-0.39, 0.29) is 29.2 Å². The van der Waals surface area contributed by atoms with Crippen molar-refractivity contribution in [2.24, 2.45) is 0 Å². The van der Waals surface area contributed by atoms with Gasteiger partial charge >= 0.3 is 0 Å². The molecule has 0 aliphatic rings. The number of rotatable bonds is 4. The van der Waals surface area contributed by atoms with Crippen molar-refractivity contribution in [2.75, 3.05) is 7.11 Å². The molecule has 20 heavy (non-hydrogen) atoms. The number of hydrogen-bond donors (Lipinski definition) is 0. The van der Waals surface area contributed by atoms with E-state index in [2.05, 4.69) is 0 Å². The predicted octanol–water partition coefficient (Wildman–Crippen LogP) is 3.42. The Morgan fingerprint density at radius 1 is 1.10 bits per heavy atom. The van der Waals surface area contributed by atoms with Gasteiger partial charge in [0.1, 0.15) is 29.8 Å². The SMILES string of the molecule is COc1cccc(COc2cccc(F)c2C#N)c1F. The molecule has 0 saturated heterocycles. The van der Waals surface area contributed by atoms with Gasteiger partial charge < -0.3 is 9.47 Å². The summed E-state index contributed by atoms with van der Waals surface area (Å²) < 4.78 is 37.4. The van der Waals surface area contributed by atoms with Crippen LogP contribution in [0.5, 0.6) is 11.5 Å². The topological polar surface area (TPSA) is 42.2 Å². The molecule has 0 aromatic heterocycles. The van der Waals surface area contributed by atoms with Gasteiger partial charge in [-0.1, -0.05) is 18.2 Å². The van der Waals surface area contributed by atoms with Crippen LogP contribution >= 0.6 is 0 Å². The first kappa shape index (κ1) is 13.8. The summed E-state index contributed by atoms with van der Waals surface area (Å²) in [6, 6.07) is 10.4. The third-order valence-corrected chi connectivity index (χ3v) is 2.73. The van der Waals surface area contributed by atoms with Gasteiger partial charge in [0.05, 0.1) is 7.11 Å². The lowest BCUT2D eigenvalue weighted by Gasteiger charge is -2.10. The fraction of sp³-hybridized carbons (Fsp3) is 0.133. The summed E-state index contributed by atoms with van der Waals surface area (Å²) in [7, 11) is 1.36. The lowest BCUT2D eigenvalue weighted by atomic mass is 10.2. The molecule has 3 nitrogen and oxygen atoms in total. The molecule has 5 heteroatoms. The Bertz CT molecular complexity index is 665. The Hall–Kier alpha value is -2.61. The Morgan fingerprint density at radius 3 is 2.50 bits per heavy atom. The van der Waals surface area contributed by atoms with Crippen LogP contribution in [0.4, 0.5) is 8.78 Å². The van der Waals surface area contributed by atoms with E-state index in [0.717, 1.165) is 6.07 Å². The normalized spacial score (nSPS) is 9.90. The third kappa shape index (κ3) is 2.69. The first-order valence-corrected chi connectivity index (χ1v) is 5.80. The lowest BCUT2D eigenvalue weighted by Crippen LogP contribution is -2.02. The molecule has 0 radical (unpaired) electrons. The van der Waals surface area contributed by atoms with Gasteiger partial charge in [-0.2, -0.15) is 5.26 Å². The molecular formula is C15H11F2NO2. The molecule has 0 bridgehead atoms. The highest BCUT2D eigenvalue weighted by Gasteiger charge is 2.12. The van der Waals surface area contributed by atoms with Crippen molar-refractivity contribution in [3.63, 3.8) is 0 Å². The molecule has 102 valence electrons. The third-order valence-electron chi connectivity index (χ3n) is 2.73. The zero-order valence-corrected chi connectivity index (χ0v) is 10.7. The highest BCUT2D eigenvalue weighted by Crippen LogP contribution is 2.24. The van der Waals surface area contributed by atoms with E-state index < -0.39 is 11.6 Å². The molecule has 2 aromatic carbocycles. The van der Waals surface area contributed by atoms with E-state index in [1.165, 1.54) is 31.4 Å². The van der Waals surface area contributed by atoms with Crippen LogP contribution in [0.15, 0.2) is 36.4 Å². The number of methoxy groups -OCH3 is 1. The van der Waals surface area contributed by atoms with Crippen LogP contribution in [-0.2, 0) is 6.61 Å². The van der Waals surface area contributed by atoms with Crippen LogP contribution in [0.2, 0.25) is 0 Å². The smallest absolute Gasteiger partial charge is 0.171 e. The maximum absolute atomic E-state index is 13.9. The van der Waals surface area contributed by atoms with E-state index in [9.17, 15) is 8.78 Å². The molecule has 0 unspecified atom stereocenters. The van der Waals surface area contributed by atoms with E-state index in [1.54, 1.807) is 12.1 Å². The van der Waals surface area contributed by atoms with E-state index in [0.29, 0.717) is 0 Å². The minimum atomic E-state index is -0.670. The van der Waals surface area contributed by atoms with Gasteiger partial charge in [-0.25, -0.2) is 8.78 Å². The zero-order chi connectivity index (χ0) is 14.5. The quantitative estimate of drug-likeness (QED) is 0.858. The van der Waals surface area contributed by atoms with Gasteiger partial charge in [0, 0.05) is 5.56 Å². The van der Waals surface area contributed by atoms with Crippen LogP contribution < -0.4 is 9.47 Å². The summed E-state index contributed by atoms with van der Waals surface area (Å²) in [5, 5.41) is 8.87. The van der Waals surface area contributed by atoms with Gasteiger partial charge in [0.15, 0.2) is 11.6 Å². The second-order valence-corrected chi connectivity index (χ2v) is 3.95. The standard InChI is InChI=1S/C15H11F2NO2/c1-19-14-7-2-4-10(15(14)17)9-20-13-6-3-5-12(16)11(13)8-18/h2-7H,9H2,1H3. The van der Waals surface area contributed by atoms with Crippen molar-refractivity contribution >= 4 is 0 Å². The molecule has 0 heterocycles. The minimum absolute atomic E-state index is 0.0784. The first-order chi connectivity index (χ1) is 9.67. The highest BCUT2D eigenvalue weighted by molar-refractivity contribution is 5.44. The van der Waals surface area contributed by atoms with Gasteiger partial charge in [-0.05, 0) is 18.2 Å². The van der Waals surface area contributed by atoms with Crippen molar-refractivity contribution in [2.45, 2.75) is 6.61 Å². The molecule has 2 rings (SSSR count). The maximum Gasteiger partial charge on any atom is 0.171 e. The summed E-state index contributed by atoms with van der Waals surface area (Å²) in [5.41, 5.74) is 0.0632. The summed E-state index contributed by atoms with van der Waals surface area (Å²) in [4.78, 5) is 0. The number of nitriles is 1. The van der Waals surface area contributed by atoms with Gasteiger partial charge in [0.2, 0.25) is 0 Å². The highest BCUT2D eigenvalue weighted by atomic mass is 19.1. The summed E-state index contributed by atoms with van der Waals surface area (Å²) in [6.07, 6.45) is 0. The average Bonchev–Trinajstić information content (AvgIpc) is 2.46. The van der Waals surface area contributed by atoms with E-state index in [4.69, 9.17) is 14.7 Å². The number of halogens is 2. The van der Waals surface area contributed by atoms with Crippen molar-refractivity contribution < 1.29 is 18.3 Å². The molecule has 0 atom stereocenters. The minimum Gasteiger partial charge on any atom is -0.494 e. The van der Waals surface area contributed by atoms with Crippen LogP contribution in [0, 0.1) is 23.0 Å². The molecule has 0 amide bonds. The number of benzene rings is 2. The van der Waals surface area contributed by atoms with Crippen molar-refractivity contribution in [1.29, 1.82) is 5.26 Å². The van der Waals surface area contributed by atoms with E-state index >= 15 is 0 Å². The number of ether oxygens (including phenoxy) is 2. The largest absolute Gasteiger partial charge is 0.494 e. The predicted molar refractivity (Wildman–Crippen MR) is 68.4 cm³/mol. The molecule has 0 spiro atoms. The van der Waals surface area contributed by atoms with Gasteiger partial charge in [0.25, 0.3) is 0 Å².